The fourth-order valence-electron chi connectivity index (χ4n) is 2.86. The Balaban J connectivity index is 0.00000156. The summed E-state index contributed by atoms with van der Waals surface area (Å²) < 4.78 is 5.80. The number of aryl methyl sites for hydroxylation is 1. The maximum Gasteiger partial charge on any atom is 0.119 e. The van der Waals surface area contributed by atoms with Gasteiger partial charge in [0, 0.05) is 39.1 Å². The number of nitrogens with zero attached hydrogens (tertiary/aromatic N) is 1. The van der Waals surface area contributed by atoms with Crippen LogP contribution < -0.4 is 10.1 Å². The lowest BCUT2D eigenvalue weighted by molar-refractivity contribution is 0.233. The van der Waals surface area contributed by atoms with E-state index in [4.69, 9.17) is 4.74 Å². The molecule has 1 aliphatic rings. The standard InChI is InChI=1S/C20H26N2O.2ClH/c1-17-2-8-20(9-3-17)23-15-10-18-4-6-19(7-5-18)16-22-13-11-21-12-14-22;;/h2-9,21H,10-16H2,1H3;2*1H. The van der Waals surface area contributed by atoms with E-state index in [0.717, 1.165) is 51.5 Å². The highest BCUT2D eigenvalue weighted by Gasteiger charge is 2.09. The average molecular weight is 383 g/mol. The van der Waals surface area contributed by atoms with Gasteiger partial charge in [-0.25, -0.2) is 0 Å². The molecular weight excluding hydrogens is 355 g/mol. The van der Waals surface area contributed by atoms with Gasteiger partial charge < -0.3 is 10.1 Å². The summed E-state index contributed by atoms with van der Waals surface area (Å²) in [4.78, 5) is 2.51. The van der Waals surface area contributed by atoms with E-state index in [1.54, 1.807) is 0 Å². The Morgan fingerprint density at radius 2 is 1.48 bits per heavy atom. The normalized spacial score (nSPS) is 14.3. The first-order valence-electron chi connectivity index (χ1n) is 8.50. The van der Waals surface area contributed by atoms with Crippen LogP contribution in [0.2, 0.25) is 0 Å². The number of ether oxygens (including phenoxy) is 1. The minimum absolute atomic E-state index is 0. The molecule has 2 aromatic rings. The lowest BCUT2D eigenvalue weighted by Crippen LogP contribution is -2.42. The summed E-state index contributed by atoms with van der Waals surface area (Å²) in [6.07, 6.45) is 0.946. The Morgan fingerprint density at radius 1 is 0.880 bits per heavy atom. The second-order valence-corrected chi connectivity index (χ2v) is 6.25. The van der Waals surface area contributed by atoms with Crippen molar-refractivity contribution in [1.29, 1.82) is 0 Å². The highest BCUT2D eigenvalue weighted by molar-refractivity contribution is 5.85. The van der Waals surface area contributed by atoms with Crippen molar-refractivity contribution >= 4 is 24.8 Å². The number of hydrogen-bond acceptors (Lipinski definition) is 3. The molecule has 0 unspecified atom stereocenters. The van der Waals surface area contributed by atoms with Crippen LogP contribution in [0.3, 0.4) is 0 Å². The molecule has 3 nitrogen and oxygen atoms in total. The third kappa shape index (κ3) is 7.25. The van der Waals surface area contributed by atoms with Crippen LogP contribution in [0.25, 0.3) is 0 Å². The van der Waals surface area contributed by atoms with Crippen molar-refractivity contribution in [3.05, 3.63) is 65.2 Å². The maximum atomic E-state index is 5.80. The molecule has 0 saturated carbocycles. The molecule has 3 rings (SSSR count). The molecule has 1 aliphatic heterocycles. The van der Waals surface area contributed by atoms with Crippen molar-refractivity contribution < 1.29 is 4.74 Å². The molecule has 0 atom stereocenters. The molecule has 0 bridgehead atoms. The summed E-state index contributed by atoms with van der Waals surface area (Å²) in [5, 5.41) is 3.39. The zero-order valence-electron chi connectivity index (χ0n) is 14.7. The average Bonchev–Trinajstić information content (AvgIpc) is 2.59. The molecule has 138 valence electrons. The molecule has 2 aromatic carbocycles. The van der Waals surface area contributed by atoms with Crippen LogP contribution >= 0.6 is 24.8 Å². The quantitative estimate of drug-likeness (QED) is 0.820. The van der Waals surface area contributed by atoms with Gasteiger partial charge in [0.2, 0.25) is 0 Å². The van der Waals surface area contributed by atoms with Gasteiger partial charge in [0.05, 0.1) is 6.61 Å². The number of halogens is 2. The topological polar surface area (TPSA) is 24.5 Å². The third-order valence-electron chi connectivity index (χ3n) is 4.32. The van der Waals surface area contributed by atoms with Crippen molar-refractivity contribution in [1.82, 2.24) is 10.2 Å². The van der Waals surface area contributed by atoms with Crippen molar-refractivity contribution in [2.75, 3.05) is 32.8 Å². The molecule has 0 aromatic heterocycles. The van der Waals surface area contributed by atoms with Crippen molar-refractivity contribution in [2.45, 2.75) is 19.9 Å². The Labute approximate surface area is 163 Å². The van der Waals surface area contributed by atoms with Crippen molar-refractivity contribution in [2.24, 2.45) is 0 Å². The SMILES string of the molecule is Cc1ccc(OCCc2ccc(CN3CCNCC3)cc2)cc1.Cl.Cl. The van der Waals surface area contributed by atoms with Gasteiger partial charge in [0.1, 0.15) is 5.75 Å². The third-order valence-corrected chi connectivity index (χ3v) is 4.32. The molecule has 0 radical (unpaired) electrons. The summed E-state index contributed by atoms with van der Waals surface area (Å²) in [5.41, 5.74) is 3.99. The predicted molar refractivity (Wildman–Crippen MR) is 109 cm³/mol. The minimum Gasteiger partial charge on any atom is -0.493 e. The van der Waals surface area contributed by atoms with Crippen LogP contribution in [0.15, 0.2) is 48.5 Å². The van der Waals surface area contributed by atoms with Crippen molar-refractivity contribution in [3.63, 3.8) is 0 Å². The molecule has 1 saturated heterocycles. The molecule has 0 amide bonds. The van der Waals surface area contributed by atoms with E-state index in [1.807, 2.05) is 12.1 Å². The zero-order chi connectivity index (χ0) is 15.9. The lowest BCUT2D eigenvalue weighted by Gasteiger charge is -2.27. The van der Waals surface area contributed by atoms with Gasteiger partial charge in [-0.1, -0.05) is 42.0 Å². The summed E-state index contributed by atoms with van der Waals surface area (Å²) in [6.45, 7) is 8.37. The first-order valence-corrected chi connectivity index (χ1v) is 8.50. The highest BCUT2D eigenvalue weighted by atomic mass is 35.5. The number of benzene rings is 2. The summed E-state index contributed by atoms with van der Waals surface area (Å²) in [6, 6.07) is 17.2. The fourth-order valence-corrected chi connectivity index (χ4v) is 2.86. The highest BCUT2D eigenvalue weighted by Crippen LogP contribution is 2.13. The first kappa shape index (κ1) is 21.8. The largest absolute Gasteiger partial charge is 0.493 e. The van der Waals surface area contributed by atoms with E-state index < -0.39 is 0 Å². The van der Waals surface area contributed by atoms with E-state index in [1.165, 1.54) is 16.7 Å². The number of rotatable bonds is 6. The second-order valence-electron chi connectivity index (χ2n) is 6.25. The van der Waals surface area contributed by atoms with Crippen LogP contribution in [0.1, 0.15) is 16.7 Å². The van der Waals surface area contributed by atoms with Gasteiger partial charge in [-0.2, -0.15) is 0 Å². The molecule has 1 fully saturated rings. The van der Waals surface area contributed by atoms with E-state index in [-0.39, 0.29) is 24.8 Å². The summed E-state index contributed by atoms with van der Waals surface area (Å²) in [5.74, 6) is 0.950. The van der Waals surface area contributed by atoms with E-state index >= 15 is 0 Å². The molecule has 0 aliphatic carbocycles. The smallest absolute Gasteiger partial charge is 0.119 e. The number of hydrogen-bond donors (Lipinski definition) is 1. The van der Waals surface area contributed by atoms with Crippen LogP contribution in [-0.2, 0) is 13.0 Å². The summed E-state index contributed by atoms with van der Waals surface area (Å²) in [7, 11) is 0. The fraction of sp³-hybridized carbons (Fsp3) is 0.400. The van der Waals surface area contributed by atoms with E-state index in [2.05, 4.69) is 53.5 Å². The zero-order valence-corrected chi connectivity index (χ0v) is 16.4. The lowest BCUT2D eigenvalue weighted by atomic mass is 10.1. The van der Waals surface area contributed by atoms with Crippen molar-refractivity contribution in [3.8, 4) is 5.75 Å². The number of piperazine rings is 1. The number of nitrogens with one attached hydrogen (secondary N) is 1. The van der Waals surface area contributed by atoms with Crippen LogP contribution in [0.4, 0.5) is 0 Å². The second kappa shape index (κ2) is 11.4. The van der Waals surface area contributed by atoms with Gasteiger partial charge in [-0.05, 0) is 30.2 Å². The Morgan fingerprint density at radius 3 is 2.12 bits per heavy atom. The molecular formula is C20H28Cl2N2O. The van der Waals surface area contributed by atoms with Crippen LogP contribution in [0, 0.1) is 6.92 Å². The molecule has 1 N–H and O–H groups in total. The van der Waals surface area contributed by atoms with Gasteiger partial charge in [-0.3, -0.25) is 4.90 Å². The Hall–Kier alpha value is -1.26. The van der Waals surface area contributed by atoms with E-state index in [0.29, 0.717) is 0 Å². The van der Waals surface area contributed by atoms with E-state index in [9.17, 15) is 0 Å². The summed E-state index contributed by atoms with van der Waals surface area (Å²) >= 11 is 0. The maximum absolute atomic E-state index is 5.80. The molecule has 0 spiro atoms. The first-order chi connectivity index (χ1) is 11.3. The minimum atomic E-state index is 0. The Kier molecular flexibility index (Phi) is 9.91. The molecule has 5 heteroatoms. The van der Waals surface area contributed by atoms with Crippen LogP contribution in [0.5, 0.6) is 5.75 Å². The monoisotopic (exact) mass is 382 g/mol. The molecule has 1 heterocycles. The molecule has 25 heavy (non-hydrogen) atoms. The predicted octanol–water partition coefficient (Wildman–Crippen LogP) is 3.87. The Bertz CT molecular complexity index is 596. The van der Waals surface area contributed by atoms with Crippen LogP contribution in [-0.4, -0.2) is 37.7 Å². The van der Waals surface area contributed by atoms with Gasteiger partial charge >= 0.3 is 0 Å². The van der Waals surface area contributed by atoms with Gasteiger partial charge in [-0.15, -0.1) is 24.8 Å². The van der Waals surface area contributed by atoms with Gasteiger partial charge in [0.25, 0.3) is 0 Å². The van der Waals surface area contributed by atoms with Gasteiger partial charge in [0.15, 0.2) is 0 Å².